The standard InChI is InChI=1S/C20H24N2O5S/c1-27-14-13-22-28(25,26)18-9-7-16(8-10-18)15-21-20(24)12-11-19(23)17-5-3-2-4-6-17/h2-10,22H,11-15H2,1H3,(H,21,24). The second kappa shape index (κ2) is 10.7. The summed E-state index contributed by atoms with van der Waals surface area (Å²) < 4.78 is 31.4. The summed E-state index contributed by atoms with van der Waals surface area (Å²) in [7, 11) is -2.08. The average Bonchev–Trinajstić information content (AvgIpc) is 2.71. The fourth-order valence-corrected chi connectivity index (χ4v) is 3.45. The van der Waals surface area contributed by atoms with Gasteiger partial charge < -0.3 is 10.1 Å². The number of ketones is 1. The lowest BCUT2D eigenvalue weighted by atomic mass is 10.1. The first-order valence-electron chi connectivity index (χ1n) is 8.85. The number of hydrogen-bond donors (Lipinski definition) is 2. The smallest absolute Gasteiger partial charge is 0.240 e. The van der Waals surface area contributed by atoms with Crippen LogP contribution in [0.25, 0.3) is 0 Å². The number of rotatable bonds is 11. The Morgan fingerprint density at radius 1 is 0.964 bits per heavy atom. The van der Waals surface area contributed by atoms with Crippen molar-refractivity contribution in [3.05, 3.63) is 65.7 Å². The number of methoxy groups -OCH3 is 1. The minimum atomic E-state index is -3.58. The van der Waals surface area contributed by atoms with E-state index in [1.54, 1.807) is 36.4 Å². The molecule has 0 bridgehead atoms. The zero-order valence-electron chi connectivity index (χ0n) is 15.7. The highest BCUT2D eigenvalue weighted by Gasteiger charge is 2.13. The number of amides is 1. The predicted molar refractivity (Wildman–Crippen MR) is 105 cm³/mol. The van der Waals surface area contributed by atoms with Gasteiger partial charge >= 0.3 is 0 Å². The molecule has 2 aromatic rings. The highest BCUT2D eigenvalue weighted by atomic mass is 32.2. The van der Waals surface area contributed by atoms with E-state index in [4.69, 9.17) is 4.74 Å². The Morgan fingerprint density at radius 3 is 2.29 bits per heavy atom. The SMILES string of the molecule is COCCNS(=O)(=O)c1ccc(CNC(=O)CCC(=O)c2ccccc2)cc1. The molecule has 0 fully saturated rings. The highest BCUT2D eigenvalue weighted by Crippen LogP contribution is 2.11. The minimum Gasteiger partial charge on any atom is -0.383 e. The molecule has 0 heterocycles. The van der Waals surface area contributed by atoms with E-state index < -0.39 is 10.0 Å². The van der Waals surface area contributed by atoms with E-state index in [0.717, 1.165) is 5.56 Å². The first-order valence-corrected chi connectivity index (χ1v) is 10.3. The lowest BCUT2D eigenvalue weighted by Gasteiger charge is -2.08. The van der Waals surface area contributed by atoms with Crippen LogP contribution in [0.5, 0.6) is 0 Å². The number of benzene rings is 2. The lowest BCUT2D eigenvalue weighted by molar-refractivity contribution is -0.121. The predicted octanol–water partition coefficient (Wildman–Crippen LogP) is 1.89. The molecular weight excluding hydrogens is 380 g/mol. The fraction of sp³-hybridized carbons (Fsp3) is 0.300. The molecule has 0 saturated heterocycles. The van der Waals surface area contributed by atoms with Crippen LogP contribution in [-0.4, -0.2) is 40.4 Å². The van der Waals surface area contributed by atoms with Crippen molar-refractivity contribution in [1.82, 2.24) is 10.0 Å². The number of Topliss-reactive ketones (excluding diaryl/α,β-unsaturated/α-hetero) is 1. The van der Waals surface area contributed by atoms with Gasteiger partial charge in [0.15, 0.2) is 5.78 Å². The minimum absolute atomic E-state index is 0.0775. The van der Waals surface area contributed by atoms with E-state index in [1.165, 1.54) is 19.2 Å². The molecule has 0 saturated carbocycles. The van der Waals surface area contributed by atoms with Crippen LogP contribution in [0.1, 0.15) is 28.8 Å². The zero-order chi connectivity index (χ0) is 20.4. The molecule has 7 nitrogen and oxygen atoms in total. The quantitative estimate of drug-likeness (QED) is 0.440. The average molecular weight is 404 g/mol. The lowest BCUT2D eigenvalue weighted by Crippen LogP contribution is -2.27. The van der Waals surface area contributed by atoms with Crippen molar-refractivity contribution in [2.24, 2.45) is 0 Å². The van der Waals surface area contributed by atoms with Gasteiger partial charge in [-0.25, -0.2) is 13.1 Å². The molecule has 0 atom stereocenters. The summed E-state index contributed by atoms with van der Waals surface area (Å²) in [6, 6.07) is 15.1. The van der Waals surface area contributed by atoms with Crippen LogP contribution in [0.2, 0.25) is 0 Å². The van der Waals surface area contributed by atoms with E-state index in [2.05, 4.69) is 10.0 Å². The normalized spacial score (nSPS) is 11.2. The van der Waals surface area contributed by atoms with Gasteiger partial charge in [-0.05, 0) is 17.7 Å². The maximum absolute atomic E-state index is 12.1. The molecule has 8 heteroatoms. The molecule has 0 radical (unpaired) electrons. The number of hydrogen-bond acceptors (Lipinski definition) is 5. The van der Waals surface area contributed by atoms with Gasteiger partial charge in [0.25, 0.3) is 0 Å². The van der Waals surface area contributed by atoms with Crippen LogP contribution >= 0.6 is 0 Å². The van der Waals surface area contributed by atoms with Crippen LogP contribution < -0.4 is 10.0 Å². The van der Waals surface area contributed by atoms with Gasteiger partial charge in [-0.1, -0.05) is 42.5 Å². The van der Waals surface area contributed by atoms with Gasteiger partial charge in [-0.15, -0.1) is 0 Å². The maximum atomic E-state index is 12.1. The Labute approximate surface area is 165 Å². The summed E-state index contributed by atoms with van der Waals surface area (Å²) in [4.78, 5) is 24.1. The number of ether oxygens (including phenoxy) is 1. The van der Waals surface area contributed by atoms with Crippen molar-refractivity contribution < 1.29 is 22.7 Å². The van der Waals surface area contributed by atoms with Crippen LogP contribution in [0.4, 0.5) is 0 Å². The van der Waals surface area contributed by atoms with Crippen LogP contribution in [0, 0.1) is 0 Å². The Balaban J connectivity index is 1.79. The summed E-state index contributed by atoms with van der Waals surface area (Å²) in [6.45, 7) is 0.740. The molecule has 28 heavy (non-hydrogen) atoms. The van der Waals surface area contributed by atoms with Crippen LogP contribution in [0.15, 0.2) is 59.5 Å². The van der Waals surface area contributed by atoms with E-state index in [-0.39, 0.29) is 49.1 Å². The third-order valence-corrected chi connectivity index (χ3v) is 5.47. The number of carbonyl (C=O) groups is 2. The van der Waals surface area contributed by atoms with Crippen LogP contribution in [0.3, 0.4) is 0 Å². The van der Waals surface area contributed by atoms with Gasteiger partial charge in [-0.2, -0.15) is 0 Å². The van der Waals surface area contributed by atoms with Crippen LogP contribution in [-0.2, 0) is 26.1 Å². The summed E-state index contributed by atoms with van der Waals surface area (Å²) in [5.41, 5.74) is 1.35. The third kappa shape index (κ3) is 6.88. The Kier molecular flexibility index (Phi) is 8.31. The van der Waals surface area contributed by atoms with Gasteiger partial charge in [0.1, 0.15) is 0 Å². The van der Waals surface area contributed by atoms with E-state index in [9.17, 15) is 18.0 Å². The molecule has 0 aliphatic carbocycles. The maximum Gasteiger partial charge on any atom is 0.240 e. The molecule has 2 aromatic carbocycles. The number of sulfonamides is 1. The van der Waals surface area contributed by atoms with E-state index in [0.29, 0.717) is 5.56 Å². The topological polar surface area (TPSA) is 102 Å². The fourth-order valence-electron chi connectivity index (χ4n) is 2.43. The van der Waals surface area contributed by atoms with Crippen molar-refractivity contribution >= 4 is 21.7 Å². The zero-order valence-corrected chi connectivity index (χ0v) is 16.5. The molecule has 0 unspecified atom stereocenters. The van der Waals surface area contributed by atoms with Gasteiger partial charge in [0.05, 0.1) is 11.5 Å². The Bertz CT molecular complexity index is 881. The molecule has 1 amide bonds. The van der Waals surface area contributed by atoms with E-state index >= 15 is 0 Å². The van der Waals surface area contributed by atoms with Gasteiger partial charge in [0.2, 0.25) is 15.9 Å². The Hall–Kier alpha value is -2.55. The highest BCUT2D eigenvalue weighted by molar-refractivity contribution is 7.89. The second-order valence-electron chi connectivity index (χ2n) is 6.10. The number of carbonyl (C=O) groups excluding carboxylic acids is 2. The van der Waals surface area contributed by atoms with Crippen molar-refractivity contribution in [1.29, 1.82) is 0 Å². The molecule has 0 spiro atoms. The molecular formula is C20H24N2O5S. The Morgan fingerprint density at radius 2 is 1.64 bits per heavy atom. The molecule has 0 aliphatic heterocycles. The van der Waals surface area contributed by atoms with Crippen molar-refractivity contribution in [3.8, 4) is 0 Å². The largest absolute Gasteiger partial charge is 0.383 e. The second-order valence-corrected chi connectivity index (χ2v) is 7.87. The first-order chi connectivity index (χ1) is 13.4. The third-order valence-electron chi connectivity index (χ3n) is 4.00. The first kappa shape index (κ1) is 21.7. The van der Waals surface area contributed by atoms with Crippen molar-refractivity contribution in [2.75, 3.05) is 20.3 Å². The van der Waals surface area contributed by atoms with Crippen molar-refractivity contribution in [2.45, 2.75) is 24.3 Å². The summed E-state index contributed by atoms with van der Waals surface area (Å²) in [5, 5.41) is 2.73. The molecule has 2 rings (SSSR count). The molecule has 0 aromatic heterocycles. The molecule has 0 aliphatic rings. The van der Waals surface area contributed by atoms with Gasteiger partial charge in [-0.3, -0.25) is 9.59 Å². The summed E-state index contributed by atoms with van der Waals surface area (Å²) >= 11 is 0. The summed E-state index contributed by atoms with van der Waals surface area (Å²) in [6.07, 6.45) is 0.240. The van der Waals surface area contributed by atoms with E-state index in [1.807, 2.05) is 6.07 Å². The monoisotopic (exact) mass is 404 g/mol. The summed E-state index contributed by atoms with van der Waals surface area (Å²) in [5.74, 6) is -0.312. The van der Waals surface area contributed by atoms with Gasteiger partial charge in [0, 0.05) is 38.6 Å². The number of nitrogens with one attached hydrogen (secondary N) is 2. The molecule has 150 valence electrons. The molecule has 2 N–H and O–H groups in total. The van der Waals surface area contributed by atoms with Crippen molar-refractivity contribution in [3.63, 3.8) is 0 Å².